The van der Waals surface area contributed by atoms with Crippen molar-refractivity contribution in [3.63, 3.8) is 0 Å². The summed E-state index contributed by atoms with van der Waals surface area (Å²) in [4.78, 5) is 11.8. The molecule has 0 unspecified atom stereocenters. The van der Waals surface area contributed by atoms with Crippen molar-refractivity contribution < 1.29 is 9.90 Å². The molecule has 21 heavy (non-hydrogen) atoms. The van der Waals surface area contributed by atoms with Gasteiger partial charge in [0.25, 0.3) is 0 Å². The molecule has 0 aliphatic heterocycles. The van der Waals surface area contributed by atoms with Gasteiger partial charge in [-0.25, -0.2) is 0 Å². The maximum atomic E-state index is 11.8. The van der Waals surface area contributed by atoms with Crippen LogP contribution in [0.5, 0.6) is 0 Å². The molecule has 4 aliphatic carbocycles. The van der Waals surface area contributed by atoms with Gasteiger partial charge >= 0.3 is 0 Å². The minimum absolute atomic E-state index is 0.116. The van der Waals surface area contributed by atoms with E-state index in [4.69, 9.17) is 0 Å². The van der Waals surface area contributed by atoms with Crippen molar-refractivity contribution in [3.05, 3.63) is 23.8 Å². The molecule has 2 heteroatoms. The monoisotopic (exact) mass is 286 g/mol. The van der Waals surface area contributed by atoms with Crippen molar-refractivity contribution in [2.24, 2.45) is 28.6 Å². The molecule has 0 aromatic rings. The lowest BCUT2D eigenvalue weighted by atomic mass is 9.49. The highest BCUT2D eigenvalue weighted by Gasteiger charge is 2.57. The number of rotatable bonds is 0. The van der Waals surface area contributed by atoms with Gasteiger partial charge in [-0.1, -0.05) is 26.0 Å². The molecule has 6 atom stereocenters. The summed E-state index contributed by atoms with van der Waals surface area (Å²) in [5.74, 6) is 2.17. The van der Waals surface area contributed by atoms with E-state index < -0.39 is 0 Å². The molecule has 0 heterocycles. The van der Waals surface area contributed by atoms with Gasteiger partial charge in [0.1, 0.15) is 0 Å². The third-order valence-electron chi connectivity index (χ3n) is 7.47. The van der Waals surface area contributed by atoms with Crippen LogP contribution in [-0.4, -0.2) is 17.0 Å². The number of aliphatic hydroxyl groups excluding tert-OH is 1. The van der Waals surface area contributed by atoms with Crippen LogP contribution in [0.1, 0.15) is 52.4 Å². The van der Waals surface area contributed by atoms with Gasteiger partial charge in [-0.15, -0.1) is 0 Å². The summed E-state index contributed by atoms with van der Waals surface area (Å²) in [7, 11) is 0. The quantitative estimate of drug-likeness (QED) is 0.738. The number of hydrogen-bond acceptors (Lipinski definition) is 2. The SMILES string of the molecule is C[C@]12CC[C@@H]3[C@@H](C=CC4=CC(=O)CC[C@]43C)[C@H]1CC[C@@H]2O. The number of ketones is 1. The van der Waals surface area contributed by atoms with Gasteiger partial charge < -0.3 is 5.11 Å². The number of carbonyl (C=O) groups excluding carboxylic acids is 1. The molecule has 0 amide bonds. The van der Waals surface area contributed by atoms with Gasteiger partial charge in [0, 0.05) is 6.42 Å². The van der Waals surface area contributed by atoms with Crippen LogP contribution in [0.25, 0.3) is 0 Å². The summed E-state index contributed by atoms with van der Waals surface area (Å²) in [6, 6.07) is 0. The zero-order valence-electron chi connectivity index (χ0n) is 13.1. The molecule has 114 valence electrons. The van der Waals surface area contributed by atoms with Crippen LogP contribution >= 0.6 is 0 Å². The van der Waals surface area contributed by atoms with Crippen LogP contribution in [0.4, 0.5) is 0 Å². The van der Waals surface area contributed by atoms with Gasteiger partial charge in [0.05, 0.1) is 6.10 Å². The molecule has 0 aromatic heterocycles. The van der Waals surface area contributed by atoms with E-state index in [0.29, 0.717) is 30.0 Å². The maximum Gasteiger partial charge on any atom is 0.156 e. The first kappa shape index (κ1) is 13.8. The van der Waals surface area contributed by atoms with Crippen LogP contribution in [-0.2, 0) is 4.79 Å². The lowest BCUT2D eigenvalue weighted by molar-refractivity contribution is -0.116. The molecule has 0 bridgehead atoms. The summed E-state index contributed by atoms with van der Waals surface area (Å²) in [5, 5.41) is 10.4. The summed E-state index contributed by atoms with van der Waals surface area (Å²) in [5.41, 5.74) is 1.57. The van der Waals surface area contributed by atoms with Crippen LogP contribution in [0.15, 0.2) is 23.8 Å². The van der Waals surface area contributed by atoms with E-state index in [1.807, 2.05) is 6.08 Å². The second-order valence-corrected chi connectivity index (χ2v) is 8.27. The molecule has 0 saturated heterocycles. The molecule has 0 spiro atoms. The van der Waals surface area contributed by atoms with E-state index in [2.05, 4.69) is 26.0 Å². The molecular formula is C19H26O2. The highest BCUT2D eigenvalue weighted by atomic mass is 16.3. The van der Waals surface area contributed by atoms with Crippen molar-refractivity contribution >= 4 is 5.78 Å². The highest BCUT2D eigenvalue weighted by molar-refractivity contribution is 5.92. The van der Waals surface area contributed by atoms with Crippen LogP contribution in [0.3, 0.4) is 0 Å². The fourth-order valence-electron chi connectivity index (χ4n) is 5.97. The minimum atomic E-state index is -0.116. The second kappa shape index (κ2) is 4.32. The van der Waals surface area contributed by atoms with Crippen LogP contribution < -0.4 is 0 Å². The first-order valence-corrected chi connectivity index (χ1v) is 8.56. The molecule has 2 nitrogen and oxygen atoms in total. The van der Waals surface area contributed by atoms with Gasteiger partial charge in [0.2, 0.25) is 0 Å². The molecule has 0 aromatic carbocycles. The van der Waals surface area contributed by atoms with E-state index in [-0.39, 0.29) is 16.9 Å². The Morgan fingerprint density at radius 3 is 2.76 bits per heavy atom. The number of carbonyl (C=O) groups is 1. The average Bonchev–Trinajstić information content (AvgIpc) is 2.76. The van der Waals surface area contributed by atoms with Crippen molar-refractivity contribution in [3.8, 4) is 0 Å². The van der Waals surface area contributed by atoms with Crippen molar-refractivity contribution in [2.75, 3.05) is 0 Å². The molecule has 2 saturated carbocycles. The molecular weight excluding hydrogens is 260 g/mol. The molecule has 2 fully saturated rings. The fraction of sp³-hybridized carbons (Fsp3) is 0.737. The summed E-state index contributed by atoms with van der Waals surface area (Å²) >= 11 is 0. The number of hydrogen-bond donors (Lipinski definition) is 1. The number of fused-ring (bicyclic) bond motifs is 5. The summed E-state index contributed by atoms with van der Waals surface area (Å²) in [6.07, 6.45) is 12.6. The van der Waals surface area contributed by atoms with E-state index in [1.165, 1.54) is 12.0 Å². The lowest BCUT2D eigenvalue weighted by Crippen LogP contribution is -2.49. The lowest BCUT2D eigenvalue weighted by Gasteiger charge is -2.55. The van der Waals surface area contributed by atoms with E-state index in [0.717, 1.165) is 25.7 Å². The Kier molecular flexibility index (Phi) is 2.83. The third kappa shape index (κ3) is 1.72. The zero-order valence-corrected chi connectivity index (χ0v) is 13.1. The number of allylic oxidation sites excluding steroid dienone is 4. The Bertz CT molecular complexity index is 546. The molecule has 4 rings (SSSR count). The maximum absolute atomic E-state index is 11.8. The Hall–Kier alpha value is -0.890. The summed E-state index contributed by atoms with van der Waals surface area (Å²) < 4.78 is 0. The zero-order chi connectivity index (χ0) is 14.8. The van der Waals surface area contributed by atoms with Crippen LogP contribution in [0, 0.1) is 28.6 Å². The molecule has 4 aliphatic rings. The van der Waals surface area contributed by atoms with Crippen LogP contribution in [0.2, 0.25) is 0 Å². The number of aliphatic hydroxyl groups is 1. The second-order valence-electron chi connectivity index (χ2n) is 8.27. The topological polar surface area (TPSA) is 37.3 Å². The fourth-order valence-corrected chi connectivity index (χ4v) is 5.97. The Morgan fingerprint density at radius 1 is 1.14 bits per heavy atom. The first-order valence-electron chi connectivity index (χ1n) is 8.56. The molecule has 0 radical (unpaired) electrons. The average molecular weight is 286 g/mol. The molecule has 1 N–H and O–H groups in total. The van der Waals surface area contributed by atoms with Gasteiger partial charge in [-0.2, -0.15) is 0 Å². The first-order chi connectivity index (χ1) is 9.95. The largest absolute Gasteiger partial charge is 0.393 e. The third-order valence-corrected chi connectivity index (χ3v) is 7.47. The Balaban J connectivity index is 1.75. The normalized spacial score (nSPS) is 52.0. The van der Waals surface area contributed by atoms with E-state index >= 15 is 0 Å². The van der Waals surface area contributed by atoms with Gasteiger partial charge in [0.15, 0.2) is 5.78 Å². The van der Waals surface area contributed by atoms with Crippen molar-refractivity contribution in [1.29, 1.82) is 0 Å². The Morgan fingerprint density at radius 2 is 1.95 bits per heavy atom. The van der Waals surface area contributed by atoms with E-state index in [9.17, 15) is 9.90 Å². The predicted molar refractivity (Wildman–Crippen MR) is 82.6 cm³/mol. The van der Waals surface area contributed by atoms with Crippen molar-refractivity contribution in [1.82, 2.24) is 0 Å². The van der Waals surface area contributed by atoms with E-state index in [1.54, 1.807) is 0 Å². The smallest absolute Gasteiger partial charge is 0.156 e. The summed E-state index contributed by atoms with van der Waals surface area (Å²) in [6.45, 7) is 4.68. The van der Waals surface area contributed by atoms with Gasteiger partial charge in [-0.3, -0.25) is 4.79 Å². The highest BCUT2D eigenvalue weighted by Crippen LogP contribution is 2.63. The minimum Gasteiger partial charge on any atom is -0.393 e. The van der Waals surface area contributed by atoms with Gasteiger partial charge in [-0.05, 0) is 72.3 Å². The Labute approximate surface area is 127 Å². The standard InChI is InChI=1S/C19H26O2/c1-18-9-7-13(20)11-12(18)3-4-14-15-5-6-17(21)19(15,2)10-8-16(14)18/h3-4,11,14-17,21H,5-10H2,1-2H3/t14-,15+,16+,17-,18+,19-/m0/s1. The predicted octanol–water partition coefficient (Wildman–Crippen LogP) is 3.66. The van der Waals surface area contributed by atoms with Crippen molar-refractivity contribution in [2.45, 2.75) is 58.5 Å².